The molecular formula is C32H36FN7O2. The van der Waals surface area contributed by atoms with Gasteiger partial charge in [-0.05, 0) is 49.5 Å². The van der Waals surface area contributed by atoms with E-state index >= 15 is 0 Å². The van der Waals surface area contributed by atoms with Gasteiger partial charge in [-0.25, -0.2) is 4.39 Å². The number of nitrogens with zero attached hydrogens (tertiary/aromatic N) is 7. The molecule has 2 unspecified atom stereocenters. The molecule has 2 atom stereocenters. The van der Waals surface area contributed by atoms with Crippen molar-refractivity contribution in [2.45, 2.75) is 51.0 Å². The van der Waals surface area contributed by atoms with Gasteiger partial charge in [-0.1, -0.05) is 36.9 Å². The molecule has 2 saturated heterocycles. The van der Waals surface area contributed by atoms with Crippen LogP contribution in [-0.2, 0) is 24.4 Å². The summed E-state index contributed by atoms with van der Waals surface area (Å²) < 4.78 is 20.7. The highest BCUT2D eigenvalue weighted by Crippen LogP contribution is 2.34. The second-order valence-electron chi connectivity index (χ2n) is 11.4. The van der Waals surface area contributed by atoms with Gasteiger partial charge in [0.25, 0.3) is 0 Å². The number of nitriles is 1. The van der Waals surface area contributed by atoms with Crippen molar-refractivity contribution in [2.24, 2.45) is 0 Å². The molecule has 1 aromatic heterocycles. The molecule has 0 saturated carbocycles. The number of fused-ring (bicyclic) bond motifs is 2. The SMILES string of the molecule is C=CC(=O)N1CCN(c2nc(OCC3CCCN3C)nc3c2CN(Cc2ccc(F)c4ccccc24)C3)CC1CC#N. The number of carbonyl (C=O) groups is 1. The highest BCUT2D eigenvalue weighted by Gasteiger charge is 2.34. The Labute approximate surface area is 245 Å². The summed E-state index contributed by atoms with van der Waals surface area (Å²) in [6.45, 7) is 8.66. The molecule has 42 heavy (non-hydrogen) atoms. The quantitative estimate of drug-likeness (QED) is 0.378. The van der Waals surface area contributed by atoms with Crippen molar-refractivity contribution >= 4 is 22.5 Å². The van der Waals surface area contributed by atoms with Crippen LogP contribution in [0.15, 0.2) is 49.1 Å². The first-order valence-electron chi connectivity index (χ1n) is 14.6. The maximum atomic E-state index is 14.5. The second-order valence-corrected chi connectivity index (χ2v) is 11.4. The molecule has 0 aliphatic carbocycles. The third kappa shape index (κ3) is 5.54. The number of anilines is 1. The van der Waals surface area contributed by atoms with Crippen LogP contribution in [0.4, 0.5) is 10.2 Å². The molecule has 4 heterocycles. The molecule has 2 aromatic carbocycles. The summed E-state index contributed by atoms with van der Waals surface area (Å²) in [7, 11) is 2.12. The molecule has 1 amide bonds. The molecule has 10 heteroatoms. The first kappa shape index (κ1) is 28.1. The minimum Gasteiger partial charge on any atom is -0.462 e. The summed E-state index contributed by atoms with van der Waals surface area (Å²) in [6, 6.07) is 13.6. The Morgan fingerprint density at radius 1 is 1.14 bits per heavy atom. The van der Waals surface area contributed by atoms with Crippen molar-refractivity contribution in [3.05, 3.63) is 71.7 Å². The number of likely N-dealkylation sites (tertiary alicyclic amines) is 1. The van der Waals surface area contributed by atoms with Gasteiger partial charge in [0.2, 0.25) is 5.91 Å². The largest absolute Gasteiger partial charge is 0.462 e. The number of rotatable bonds is 8. The monoisotopic (exact) mass is 569 g/mol. The summed E-state index contributed by atoms with van der Waals surface area (Å²) in [5, 5.41) is 11.0. The highest BCUT2D eigenvalue weighted by molar-refractivity contribution is 5.87. The van der Waals surface area contributed by atoms with E-state index in [1.165, 1.54) is 12.1 Å². The van der Waals surface area contributed by atoms with Crippen molar-refractivity contribution < 1.29 is 13.9 Å². The van der Waals surface area contributed by atoms with E-state index in [4.69, 9.17) is 14.7 Å². The average molecular weight is 570 g/mol. The van der Waals surface area contributed by atoms with E-state index in [-0.39, 0.29) is 24.2 Å². The van der Waals surface area contributed by atoms with Crippen LogP contribution < -0.4 is 9.64 Å². The molecule has 0 spiro atoms. The maximum Gasteiger partial charge on any atom is 0.318 e. The number of amides is 1. The number of benzene rings is 2. The van der Waals surface area contributed by atoms with Crippen LogP contribution in [0.3, 0.4) is 0 Å². The van der Waals surface area contributed by atoms with E-state index in [1.807, 2.05) is 30.3 Å². The number of ether oxygens (including phenoxy) is 1. The van der Waals surface area contributed by atoms with Crippen LogP contribution >= 0.6 is 0 Å². The summed E-state index contributed by atoms with van der Waals surface area (Å²) >= 11 is 0. The molecule has 0 bridgehead atoms. The van der Waals surface area contributed by atoms with Crippen molar-refractivity contribution in [2.75, 3.05) is 44.7 Å². The van der Waals surface area contributed by atoms with Crippen LogP contribution in [0.1, 0.15) is 36.1 Å². The second kappa shape index (κ2) is 12.0. The van der Waals surface area contributed by atoms with Crippen LogP contribution in [-0.4, -0.2) is 82.5 Å². The molecule has 6 rings (SSSR count). The van der Waals surface area contributed by atoms with Crippen LogP contribution in [0.25, 0.3) is 10.8 Å². The fraction of sp³-hybridized carbons (Fsp3) is 0.438. The number of hydrogen-bond donors (Lipinski definition) is 0. The van der Waals surface area contributed by atoms with Gasteiger partial charge in [-0.3, -0.25) is 9.69 Å². The first-order valence-corrected chi connectivity index (χ1v) is 14.6. The fourth-order valence-corrected chi connectivity index (χ4v) is 6.52. The fourth-order valence-electron chi connectivity index (χ4n) is 6.52. The smallest absolute Gasteiger partial charge is 0.318 e. The zero-order valence-corrected chi connectivity index (χ0v) is 24.0. The zero-order valence-electron chi connectivity index (χ0n) is 24.0. The minimum atomic E-state index is -0.264. The van der Waals surface area contributed by atoms with E-state index in [0.717, 1.165) is 47.4 Å². The van der Waals surface area contributed by atoms with Crippen LogP contribution in [0.2, 0.25) is 0 Å². The predicted molar refractivity (Wildman–Crippen MR) is 158 cm³/mol. The van der Waals surface area contributed by atoms with E-state index in [9.17, 15) is 14.4 Å². The van der Waals surface area contributed by atoms with Gasteiger partial charge >= 0.3 is 6.01 Å². The van der Waals surface area contributed by atoms with Crippen molar-refractivity contribution in [3.63, 3.8) is 0 Å². The normalized spacial score (nSPS) is 21.0. The van der Waals surface area contributed by atoms with Crippen molar-refractivity contribution in [1.29, 1.82) is 5.26 Å². The molecule has 3 aliphatic heterocycles. The van der Waals surface area contributed by atoms with Gasteiger partial charge in [0, 0.05) is 56.3 Å². The number of aromatic nitrogens is 2. The standard InChI is InChI=1S/C32H36FN7O2/c1-3-30(41)40-16-15-39(18-23(40)12-13-34)31-27-19-38(17-22-10-11-28(33)26-9-5-4-8-25(22)26)20-29(27)35-32(36-31)42-21-24-7-6-14-37(24)2/h3-5,8-11,23-24H,1,6-7,12,14-21H2,2H3. The lowest BCUT2D eigenvalue weighted by Gasteiger charge is -2.41. The Hall–Kier alpha value is -4.07. The lowest BCUT2D eigenvalue weighted by atomic mass is 10.0. The Morgan fingerprint density at radius 2 is 1.98 bits per heavy atom. The molecule has 218 valence electrons. The lowest BCUT2D eigenvalue weighted by Crippen LogP contribution is -2.55. The Balaban J connectivity index is 1.29. The van der Waals surface area contributed by atoms with Gasteiger partial charge in [-0.15, -0.1) is 0 Å². The minimum absolute atomic E-state index is 0.162. The summed E-state index contributed by atoms with van der Waals surface area (Å²) in [5.41, 5.74) is 3.01. The van der Waals surface area contributed by atoms with Crippen molar-refractivity contribution in [3.8, 4) is 12.1 Å². The molecule has 3 aromatic rings. The third-order valence-corrected chi connectivity index (χ3v) is 8.80. The van der Waals surface area contributed by atoms with E-state index in [2.05, 4.69) is 34.4 Å². The van der Waals surface area contributed by atoms with E-state index in [0.29, 0.717) is 63.3 Å². The predicted octanol–water partition coefficient (Wildman–Crippen LogP) is 3.87. The summed E-state index contributed by atoms with van der Waals surface area (Å²) in [6.07, 6.45) is 3.78. The van der Waals surface area contributed by atoms with Gasteiger partial charge in [-0.2, -0.15) is 15.2 Å². The number of halogens is 1. The number of piperazine rings is 1. The van der Waals surface area contributed by atoms with Crippen LogP contribution in [0, 0.1) is 17.1 Å². The molecule has 9 nitrogen and oxygen atoms in total. The van der Waals surface area contributed by atoms with Gasteiger partial charge in [0.05, 0.1) is 24.2 Å². The molecule has 2 fully saturated rings. The molecule has 0 N–H and O–H groups in total. The van der Waals surface area contributed by atoms with E-state index < -0.39 is 0 Å². The summed E-state index contributed by atoms with van der Waals surface area (Å²) in [4.78, 5) is 30.8. The Bertz CT molecular complexity index is 1540. The number of carbonyl (C=O) groups excluding carboxylic acids is 1. The van der Waals surface area contributed by atoms with Gasteiger partial charge in [0.1, 0.15) is 18.2 Å². The first-order chi connectivity index (χ1) is 20.4. The summed E-state index contributed by atoms with van der Waals surface area (Å²) in [5.74, 6) is 0.419. The zero-order chi connectivity index (χ0) is 29.2. The molecule has 3 aliphatic rings. The Kier molecular flexibility index (Phi) is 8.05. The molecule has 0 radical (unpaired) electrons. The van der Waals surface area contributed by atoms with Gasteiger partial charge < -0.3 is 19.4 Å². The van der Waals surface area contributed by atoms with Crippen LogP contribution in [0.5, 0.6) is 6.01 Å². The van der Waals surface area contributed by atoms with Crippen molar-refractivity contribution in [1.82, 2.24) is 24.7 Å². The highest BCUT2D eigenvalue weighted by atomic mass is 19.1. The maximum absolute atomic E-state index is 14.5. The van der Waals surface area contributed by atoms with Gasteiger partial charge in [0.15, 0.2) is 0 Å². The Morgan fingerprint density at radius 3 is 2.74 bits per heavy atom. The third-order valence-electron chi connectivity index (χ3n) is 8.80. The average Bonchev–Trinajstić information content (AvgIpc) is 3.62. The number of hydrogen-bond acceptors (Lipinski definition) is 8. The number of likely N-dealkylation sites (N-methyl/N-ethyl adjacent to an activating group) is 1. The lowest BCUT2D eigenvalue weighted by molar-refractivity contribution is -0.128. The van der Waals surface area contributed by atoms with E-state index in [1.54, 1.807) is 4.90 Å². The topological polar surface area (TPSA) is 88.8 Å². The molecular weight excluding hydrogens is 533 g/mol.